The number of carbonyl (C=O) groups excluding carboxylic acids is 2. The second-order valence-electron chi connectivity index (χ2n) is 9.68. The van der Waals surface area contributed by atoms with E-state index in [4.69, 9.17) is 5.73 Å². The number of para-hydroxylation sites is 1. The Bertz CT molecular complexity index is 1510. The number of hydrogen-bond donors (Lipinski definition) is 3. The van der Waals surface area contributed by atoms with Crippen LogP contribution in [-0.2, 0) is 26.0 Å². The van der Waals surface area contributed by atoms with Gasteiger partial charge in [-0.25, -0.2) is 13.4 Å². The number of sulfonamides is 1. The topological polar surface area (TPSA) is 134 Å². The van der Waals surface area contributed by atoms with Crippen LogP contribution in [0.5, 0.6) is 0 Å². The minimum atomic E-state index is -4.32. The molecular formula is C28H31F2N5O4S2. The summed E-state index contributed by atoms with van der Waals surface area (Å²) in [6.45, 7) is 1.42. The number of likely N-dealkylation sites (tertiary alicyclic amines) is 1. The lowest BCUT2D eigenvalue weighted by atomic mass is 10.0. The minimum Gasteiger partial charge on any atom is -0.384 e. The van der Waals surface area contributed by atoms with Crippen molar-refractivity contribution in [2.24, 2.45) is 0 Å². The zero-order chi connectivity index (χ0) is 29.6. The molecule has 41 heavy (non-hydrogen) atoms. The Morgan fingerprint density at radius 1 is 1.12 bits per heavy atom. The van der Waals surface area contributed by atoms with Crippen molar-refractivity contribution in [2.75, 3.05) is 24.1 Å². The van der Waals surface area contributed by atoms with Gasteiger partial charge in [0, 0.05) is 36.7 Å². The van der Waals surface area contributed by atoms with Gasteiger partial charge in [-0.05, 0) is 66.8 Å². The first-order valence-electron chi connectivity index (χ1n) is 13.0. The van der Waals surface area contributed by atoms with Crippen molar-refractivity contribution in [1.82, 2.24) is 14.6 Å². The summed E-state index contributed by atoms with van der Waals surface area (Å²) in [6, 6.07) is 10.6. The SMILES string of the molecule is CC(=O)Nc1c(-c2cccs2)cccc1S(=O)(=O)N[C@@H](CCCc1ccc(N)nc1)C(=O)N1CCC(=C(F)F)CC1. The van der Waals surface area contributed by atoms with Crippen LogP contribution in [0.1, 0.15) is 38.2 Å². The molecular weight excluding hydrogens is 572 g/mol. The molecule has 9 nitrogen and oxygen atoms in total. The number of rotatable bonds is 10. The van der Waals surface area contributed by atoms with E-state index in [1.807, 2.05) is 23.6 Å². The highest BCUT2D eigenvalue weighted by Gasteiger charge is 2.32. The summed E-state index contributed by atoms with van der Waals surface area (Å²) >= 11 is 1.39. The number of anilines is 2. The lowest BCUT2D eigenvalue weighted by Crippen LogP contribution is -2.50. The van der Waals surface area contributed by atoms with Gasteiger partial charge in [0.25, 0.3) is 6.08 Å². The molecule has 1 atom stereocenters. The minimum absolute atomic E-state index is 0.00683. The van der Waals surface area contributed by atoms with Crippen molar-refractivity contribution in [1.29, 1.82) is 0 Å². The Morgan fingerprint density at radius 3 is 2.49 bits per heavy atom. The molecule has 1 aliphatic heterocycles. The zero-order valence-electron chi connectivity index (χ0n) is 22.4. The predicted octanol–water partition coefficient (Wildman–Crippen LogP) is 4.79. The van der Waals surface area contributed by atoms with Crippen LogP contribution in [-0.4, -0.2) is 49.2 Å². The van der Waals surface area contributed by atoms with Crippen LogP contribution >= 0.6 is 11.3 Å². The molecule has 1 saturated heterocycles. The van der Waals surface area contributed by atoms with E-state index in [0.29, 0.717) is 24.2 Å². The van der Waals surface area contributed by atoms with Gasteiger partial charge >= 0.3 is 0 Å². The van der Waals surface area contributed by atoms with E-state index in [-0.39, 0.29) is 48.5 Å². The number of nitrogens with one attached hydrogen (secondary N) is 2. The van der Waals surface area contributed by atoms with Crippen molar-refractivity contribution in [3.63, 3.8) is 0 Å². The predicted molar refractivity (Wildman–Crippen MR) is 155 cm³/mol. The Balaban J connectivity index is 1.62. The molecule has 4 rings (SSSR count). The standard InChI is InChI=1S/C28H31F2N5O4S2/c1-18(36)33-26-21(23-8-4-16-40-23)6-3-9-24(26)41(38,39)34-22(7-2-5-19-10-11-25(31)32-17-19)28(37)35-14-12-20(13-15-35)27(29)30/h3-4,6,8-11,16-17,22,34H,2,5,7,12-15H2,1H3,(H2,31,32)(H,33,36)/t22-/m0/s1. The second-order valence-corrected chi connectivity index (χ2v) is 12.3. The molecule has 1 aliphatic rings. The van der Waals surface area contributed by atoms with Crippen LogP contribution in [0.3, 0.4) is 0 Å². The number of halogens is 2. The van der Waals surface area contributed by atoms with Gasteiger partial charge in [-0.15, -0.1) is 11.3 Å². The van der Waals surface area contributed by atoms with Gasteiger partial charge in [-0.2, -0.15) is 13.5 Å². The van der Waals surface area contributed by atoms with E-state index in [2.05, 4.69) is 15.0 Å². The first-order valence-corrected chi connectivity index (χ1v) is 15.4. The van der Waals surface area contributed by atoms with Crippen LogP contribution in [0.4, 0.5) is 20.3 Å². The number of nitrogens with zero attached hydrogens (tertiary/aromatic N) is 2. The van der Waals surface area contributed by atoms with Crippen LogP contribution in [0.15, 0.2) is 70.6 Å². The number of aryl methyl sites for hydroxylation is 1. The first-order chi connectivity index (χ1) is 19.5. The zero-order valence-corrected chi connectivity index (χ0v) is 24.0. The smallest absolute Gasteiger partial charge is 0.269 e. The maximum atomic E-state index is 13.8. The summed E-state index contributed by atoms with van der Waals surface area (Å²) in [5, 5.41) is 4.49. The van der Waals surface area contributed by atoms with Gasteiger partial charge < -0.3 is 16.0 Å². The monoisotopic (exact) mass is 603 g/mol. The summed E-state index contributed by atoms with van der Waals surface area (Å²) in [7, 11) is -4.32. The van der Waals surface area contributed by atoms with Crippen molar-refractivity contribution in [3.05, 3.63) is 71.3 Å². The molecule has 218 valence electrons. The largest absolute Gasteiger partial charge is 0.384 e. The van der Waals surface area contributed by atoms with Crippen molar-refractivity contribution in [2.45, 2.75) is 50.0 Å². The Hall–Kier alpha value is -3.68. The molecule has 0 bridgehead atoms. The lowest BCUT2D eigenvalue weighted by Gasteiger charge is -2.31. The second kappa shape index (κ2) is 13.3. The molecule has 4 N–H and O–H groups in total. The third-order valence-electron chi connectivity index (χ3n) is 6.75. The molecule has 0 unspecified atom stereocenters. The van der Waals surface area contributed by atoms with E-state index in [0.717, 1.165) is 10.4 Å². The molecule has 0 saturated carbocycles. The number of nitrogens with two attached hydrogens (primary N) is 1. The molecule has 2 amide bonds. The third-order valence-corrected chi connectivity index (χ3v) is 9.17. The number of hydrogen-bond acceptors (Lipinski definition) is 7. The van der Waals surface area contributed by atoms with Crippen LogP contribution in [0, 0.1) is 0 Å². The van der Waals surface area contributed by atoms with Gasteiger partial charge in [0.15, 0.2) is 0 Å². The molecule has 13 heteroatoms. The Kier molecular flexibility index (Phi) is 9.84. The van der Waals surface area contributed by atoms with Gasteiger partial charge in [-0.1, -0.05) is 24.3 Å². The number of aromatic nitrogens is 1. The molecule has 1 fully saturated rings. The van der Waals surface area contributed by atoms with E-state index < -0.39 is 34.0 Å². The van der Waals surface area contributed by atoms with Crippen LogP contribution in [0.25, 0.3) is 10.4 Å². The number of thiophene rings is 1. The average molecular weight is 604 g/mol. The van der Waals surface area contributed by atoms with E-state index >= 15 is 0 Å². The van der Waals surface area contributed by atoms with Gasteiger partial charge in [0.1, 0.15) is 16.8 Å². The highest BCUT2D eigenvalue weighted by Crippen LogP contribution is 2.36. The normalized spacial score (nSPS) is 14.5. The maximum Gasteiger partial charge on any atom is 0.269 e. The molecule has 0 aliphatic carbocycles. The fraction of sp³-hybridized carbons (Fsp3) is 0.321. The number of amides is 2. The Morgan fingerprint density at radius 2 is 1.88 bits per heavy atom. The van der Waals surface area contributed by atoms with Gasteiger partial charge in [-0.3, -0.25) is 9.59 Å². The van der Waals surface area contributed by atoms with Crippen LogP contribution < -0.4 is 15.8 Å². The highest BCUT2D eigenvalue weighted by atomic mass is 32.2. The number of nitrogen functional groups attached to an aromatic ring is 1. The molecule has 3 aromatic rings. The summed E-state index contributed by atoms with van der Waals surface area (Å²) < 4.78 is 56.3. The highest BCUT2D eigenvalue weighted by molar-refractivity contribution is 7.89. The summed E-state index contributed by atoms with van der Waals surface area (Å²) in [5.74, 6) is -0.567. The summed E-state index contributed by atoms with van der Waals surface area (Å²) in [4.78, 5) is 31.7. The number of benzene rings is 1. The fourth-order valence-corrected chi connectivity index (χ4v) is 6.85. The van der Waals surface area contributed by atoms with Crippen molar-refractivity contribution >= 4 is 44.7 Å². The van der Waals surface area contributed by atoms with E-state index in [9.17, 15) is 26.8 Å². The van der Waals surface area contributed by atoms with Gasteiger partial charge in [0.05, 0.1) is 5.69 Å². The number of carbonyl (C=O) groups is 2. The van der Waals surface area contributed by atoms with E-state index in [1.165, 1.54) is 29.2 Å². The van der Waals surface area contributed by atoms with Crippen molar-refractivity contribution < 1.29 is 26.8 Å². The molecule has 1 aromatic carbocycles. The first kappa shape index (κ1) is 30.3. The van der Waals surface area contributed by atoms with Crippen molar-refractivity contribution in [3.8, 4) is 10.4 Å². The summed E-state index contributed by atoms with van der Waals surface area (Å²) in [5.41, 5.74) is 7.17. The third kappa shape index (κ3) is 7.75. The maximum absolute atomic E-state index is 13.8. The Labute approximate surface area is 241 Å². The summed E-state index contributed by atoms with van der Waals surface area (Å²) in [6.07, 6.45) is 1.05. The molecule has 2 aromatic heterocycles. The van der Waals surface area contributed by atoms with Gasteiger partial charge in [0.2, 0.25) is 21.8 Å². The lowest BCUT2D eigenvalue weighted by molar-refractivity contribution is -0.133. The molecule has 0 spiro atoms. The van der Waals surface area contributed by atoms with E-state index in [1.54, 1.807) is 24.4 Å². The number of pyridine rings is 1. The quantitative estimate of drug-likeness (QED) is 0.305. The van der Waals surface area contributed by atoms with Crippen LogP contribution in [0.2, 0.25) is 0 Å². The molecule has 0 radical (unpaired) electrons. The fourth-order valence-electron chi connectivity index (χ4n) is 4.68. The average Bonchev–Trinajstić information content (AvgIpc) is 3.48. The number of piperidine rings is 1. The molecule has 3 heterocycles.